The van der Waals surface area contributed by atoms with Gasteiger partial charge in [0.1, 0.15) is 0 Å². The summed E-state index contributed by atoms with van der Waals surface area (Å²) in [6.45, 7) is 0.333. The molecule has 0 radical (unpaired) electrons. The molecule has 0 saturated heterocycles. The Morgan fingerprint density at radius 1 is 1.21 bits per heavy atom. The molecule has 0 fully saturated rings. The lowest BCUT2D eigenvalue weighted by molar-refractivity contribution is 0.236. The monoisotopic (exact) mass is 339 g/mol. The largest absolute Gasteiger partial charge is 0.331 e. The lowest BCUT2D eigenvalue weighted by atomic mass is 10.0. The molecule has 7 heteroatoms. The minimum absolute atomic E-state index is 0.0533. The molecule has 1 atom stereocenters. The summed E-state index contributed by atoms with van der Waals surface area (Å²) < 4.78 is 1.87. The van der Waals surface area contributed by atoms with Crippen LogP contribution in [0.1, 0.15) is 23.9 Å². The normalized spacial score (nSPS) is 16.6. The summed E-state index contributed by atoms with van der Waals surface area (Å²) in [7, 11) is 0. The molecule has 0 bridgehead atoms. The first-order valence-corrected chi connectivity index (χ1v) is 8.84. The van der Waals surface area contributed by atoms with Crippen LogP contribution in [-0.4, -0.2) is 26.4 Å². The van der Waals surface area contributed by atoms with E-state index >= 15 is 0 Å². The molecule has 1 unspecified atom stereocenters. The van der Waals surface area contributed by atoms with Crippen LogP contribution in [0.4, 0.5) is 4.79 Å². The van der Waals surface area contributed by atoms with E-state index in [1.54, 1.807) is 0 Å². The van der Waals surface area contributed by atoms with Crippen LogP contribution in [-0.2, 0) is 6.54 Å². The van der Waals surface area contributed by atoms with Gasteiger partial charge < -0.3 is 10.6 Å². The molecule has 2 N–H and O–H groups in total. The summed E-state index contributed by atoms with van der Waals surface area (Å²) in [5.41, 5.74) is 1.96. The van der Waals surface area contributed by atoms with Gasteiger partial charge in [0.25, 0.3) is 0 Å². The highest BCUT2D eigenvalue weighted by Gasteiger charge is 2.21. The van der Waals surface area contributed by atoms with Crippen molar-refractivity contribution in [2.24, 2.45) is 0 Å². The Balaban J connectivity index is 1.41. The van der Waals surface area contributed by atoms with Crippen molar-refractivity contribution in [3.63, 3.8) is 0 Å². The number of pyridine rings is 1. The number of aromatic nitrogens is 3. The van der Waals surface area contributed by atoms with Crippen LogP contribution in [0, 0.1) is 0 Å². The van der Waals surface area contributed by atoms with Gasteiger partial charge in [-0.15, -0.1) is 22.0 Å². The number of urea groups is 1. The molecule has 2 aromatic heterocycles. The number of fused-ring (bicyclic) bond motifs is 2. The topological polar surface area (TPSA) is 71.3 Å². The van der Waals surface area contributed by atoms with Crippen LogP contribution in [0.15, 0.2) is 53.6 Å². The van der Waals surface area contributed by atoms with E-state index in [0.717, 1.165) is 17.8 Å². The van der Waals surface area contributed by atoms with Gasteiger partial charge in [-0.3, -0.25) is 4.40 Å². The van der Waals surface area contributed by atoms with Crippen LogP contribution < -0.4 is 10.6 Å². The number of carbonyl (C=O) groups is 1. The average molecular weight is 339 g/mol. The van der Waals surface area contributed by atoms with Gasteiger partial charge >= 0.3 is 6.03 Å². The minimum atomic E-state index is -0.186. The fraction of sp³-hybridized carbons (Fsp3) is 0.235. The Morgan fingerprint density at radius 3 is 3.04 bits per heavy atom. The molecule has 0 aliphatic carbocycles. The maximum atomic E-state index is 12.3. The molecule has 3 aromatic rings. The highest BCUT2D eigenvalue weighted by atomic mass is 32.2. The van der Waals surface area contributed by atoms with Gasteiger partial charge in [-0.25, -0.2) is 4.79 Å². The fourth-order valence-corrected chi connectivity index (χ4v) is 4.00. The number of carbonyl (C=O) groups excluding carboxylic acids is 1. The fourth-order valence-electron chi connectivity index (χ4n) is 2.87. The van der Waals surface area contributed by atoms with E-state index in [4.69, 9.17) is 0 Å². The van der Waals surface area contributed by atoms with Crippen molar-refractivity contribution in [3.8, 4) is 0 Å². The number of nitrogens with zero attached hydrogens (tertiary/aromatic N) is 3. The number of rotatable bonds is 3. The first-order chi connectivity index (χ1) is 11.8. The summed E-state index contributed by atoms with van der Waals surface area (Å²) in [5.74, 6) is 1.72. The second-order valence-corrected chi connectivity index (χ2v) is 6.74. The predicted molar refractivity (Wildman–Crippen MR) is 92.9 cm³/mol. The van der Waals surface area contributed by atoms with E-state index in [2.05, 4.69) is 33.0 Å². The van der Waals surface area contributed by atoms with Gasteiger partial charge in [0.05, 0.1) is 12.6 Å². The molecular formula is C17H17N5OS. The molecule has 24 heavy (non-hydrogen) atoms. The minimum Gasteiger partial charge on any atom is -0.331 e. The van der Waals surface area contributed by atoms with Gasteiger partial charge in [-0.2, -0.15) is 0 Å². The number of nitrogens with one attached hydrogen (secondary N) is 2. The Morgan fingerprint density at radius 2 is 2.08 bits per heavy atom. The van der Waals surface area contributed by atoms with Gasteiger partial charge in [0.15, 0.2) is 11.5 Å². The molecule has 1 aromatic carbocycles. The third kappa shape index (κ3) is 2.94. The van der Waals surface area contributed by atoms with Gasteiger partial charge in [-0.05, 0) is 30.2 Å². The number of thioether (sulfide) groups is 1. The van der Waals surface area contributed by atoms with Crippen molar-refractivity contribution < 1.29 is 4.79 Å². The SMILES string of the molecule is O=C(NCc1nnc2ccccn12)NC1CCSc2ccccc21. The Hall–Kier alpha value is -2.54. The van der Waals surface area contributed by atoms with Crippen molar-refractivity contribution in [2.75, 3.05) is 5.75 Å². The predicted octanol–water partition coefficient (Wildman–Crippen LogP) is 2.77. The van der Waals surface area contributed by atoms with E-state index in [9.17, 15) is 4.79 Å². The number of hydrogen-bond donors (Lipinski definition) is 2. The highest BCUT2D eigenvalue weighted by Crippen LogP contribution is 2.35. The quantitative estimate of drug-likeness (QED) is 0.770. The molecule has 0 spiro atoms. The molecule has 2 amide bonds. The number of hydrogen-bond acceptors (Lipinski definition) is 4. The van der Waals surface area contributed by atoms with Crippen LogP contribution in [0.2, 0.25) is 0 Å². The summed E-state index contributed by atoms with van der Waals surface area (Å²) in [6, 6.07) is 13.8. The molecule has 122 valence electrons. The maximum Gasteiger partial charge on any atom is 0.315 e. The summed E-state index contributed by atoms with van der Waals surface area (Å²) in [4.78, 5) is 13.5. The van der Waals surface area contributed by atoms with Crippen molar-refractivity contribution in [1.82, 2.24) is 25.2 Å². The van der Waals surface area contributed by atoms with E-state index in [1.165, 1.54) is 10.5 Å². The first kappa shape index (κ1) is 15.0. The lowest BCUT2D eigenvalue weighted by Crippen LogP contribution is -2.38. The molecular weight excluding hydrogens is 322 g/mol. The lowest BCUT2D eigenvalue weighted by Gasteiger charge is -2.25. The maximum absolute atomic E-state index is 12.3. The van der Waals surface area contributed by atoms with Crippen molar-refractivity contribution >= 4 is 23.4 Å². The van der Waals surface area contributed by atoms with E-state index in [0.29, 0.717) is 12.4 Å². The third-order valence-electron chi connectivity index (χ3n) is 4.06. The summed E-state index contributed by atoms with van der Waals surface area (Å²) in [6.07, 6.45) is 2.82. The zero-order valence-electron chi connectivity index (χ0n) is 13.0. The van der Waals surface area contributed by atoms with Crippen LogP contribution in [0.25, 0.3) is 5.65 Å². The third-order valence-corrected chi connectivity index (χ3v) is 5.18. The Bertz CT molecular complexity index is 878. The van der Waals surface area contributed by atoms with E-state index < -0.39 is 0 Å². The highest BCUT2D eigenvalue weighted by molar-refractivity contribution is 7.99. The molecule has 1 aliphatic heterocycles. The molecule has 1 aliphatic rings. The average Bonchev–Trinajstić information content (AvgIpc) is 3.04. The van der Waals surface area contributed by atoms with Gasteiger partial charge in [0, 0.05) is 16.8 Å². The van der Waals surface area contributed by atoms with Crippen molar-refractivity contribution in [2.45, 2.75) is 23.9 Å². The summed E-state index contributed by atoms with van der Waals surface area (Å²) >= 11 is 1.84. The zero-order chi connectivity index (χ0) is 16.4. The Kier molecular flexibility index (Phi) is 4.08. The van der Waals surface area contributed by atoms with Crippen LogP contribution >= 0.6 is 11.8 Å². The van der Waals surface area contributed by atoms with E-state index in [-0.39, 0.29) is 12.1 Å². The van der Waals surface area contributed by atoms with Crippen molar-refractivity contribution in [3.05, 3.63) is 60.0 Å². The first-order valence-electron chi connectivity index (χ1n) is 7.86. The zero-order valence-corrected chi connectivity index (χ0v) is 13.8. The van der Waals surface area contributed by atoms with Gasteiger partial charge in [-0.1, -0.05) is 24.3 Å². The smallest absolute Gasteiger partial charge is 0.315 e. The molecule has 6 nitrogen and oxygen atoms in total. The molecule has 0 saturated carbocycles. The second-order valence-electron chi connectivity index (χ2n) is 5.60. The molecule has 4 rings (SSSR count). The number of benzene rings is 1. The number of amides is 2. The second kappa shape index (κ2) is 6.52. The summed E-state index contributed by atoms with van der Waals surface area (Å²) in [5, 5.41) is 14.1. The molecule has 3 heterocycles. The van der Waals surface area contributed by atoms with Crippen molar-refractivity contribution in [1.29, 1.82) is 0 Å². The van der Waals surface area contributed by atoms with Crippen LogP contribution in [0.5, 0.6) is 0 Å². The van der Waals surface area contributed by atoms with Crippen LogP contribution in [0.3, 0.4) is 0 Å². The standard InChI is InChI=1S/C17H17N5OS/c23-17(18-11-16-21-20-15-7-3-4-9-22(15)16)19-13-8-10-24-14-6-2-1-5-12(13)14/h1-7,9,13H,8,10-11H2,(H2,18,19,23). The van der Waals surface area contributed by atoms with Gasteiger partial charge in [0.2, 0.25) is 0 Å². The Labute approximate surface area is 143 Å². The van der Waals surface area contributed by atoms with E-state index in [1.807, 2.05) is 52.7 Å².